The van der Waals surface area contributed by atoms with Crippen molar-refractivity contribution in [2.45, 2.75) is 24.3 Å². The summed E-state index contributed by atoms with van der Waals surface area (Å²) in [7, 11) is 0. The van der Waals surface area contributed by atoms with Crippen LogP contribution in [-0.2, 0) is 19.7 Å². The molecule has 0 spiro atoms. The lowest BCUT2D eigenvalue weighted by atomic mass is 9.93. The normalized spacial score (nSPS) is 19.0. The second-order valence-corrected chi connectivity index (χ2v) is 7.32. The lowest BCUT2D eigenvalue weighted by Crippen LogP contribution is -2.49. The van der Waals surface area contributed by atoms with Crippen LogP contribution in [0.3, 0.4) is 0 Å². The maximum atomic E-state index is 14.3. The first kappa shape index (κ1) is 18.6. The van der Waals surface area contributed by atoms with E-state index in [2.05, 4.69) is 5.32 Å². The van der Waals surface area contributed by atoms with E-state index in [1.54, 1.807) is 23.1 Å². The highest BCUT2D eigenvalue weighted by molar-refractivity contribution is 5.95. The molecule has 146 valence electrons. The van der Waals surface area contributed by atoms with Gasteiger partial charge < -0.3 is 15.0 Å². The molecule has 1 saturated carbocycles. The number of hydrogen-bond donors (Lipinski definition) is 1. The molecule has 1 aliphatic heterocycles. The van der Waals surface area contributed by atoms with E-state index in [-0.39, 0.29) is 17.6 Å². The van der Waals surface area contributed by atoms with Crippen LogP contribution in [-0.4, -0.2) is 43.0 Å². The maximum Gasteiger partial charge on any atom is 0.249 e. The number of benzene rings is 2. The van der Waals surface area contributed by atoms with Crippen molar-refractivity contribution in [3.63, 3.8) is 0 Å². The second-order valence-electron chi connectivity index (χ2n) is 7.32. The first-order chi connectivity index (χ1) is 13.6. The highest BCUT2D eigenvalue weighted by Crippen LogP contribution is 2.49. The van der Waals surface area contributed by atoms with Gasteiger partial charge in [-0.25, -0.2) is 4.39 Å². The van der Waals surface area contributed by atoms with Crippen molar-refractivity contribution >= 4 is 11.8 Å². The quantitative estimate of drug-likeness (QED) is 0.865. The summed E-state index contributed by atoms with van der Waals surface area (Å²) in [6.45, 7) is 1.97. The van der Waals surface area contributed by atoms with Crippen molar-refractivity contribution in [2.75, 3.05) is 26.3 Å². The third kappa shape index (κ3) is 3.52. The molecule has 0 bridgehead atoms. The van der Waals surface area contributed by atoms with Crippen molar-refractivity contribution in [3.05, 3.63) is 71.5 Å². The third-order valence-corrected chi connectivity index (χ3v) is 5.55. The number of morpholine rings is 1. The number of nitrogens with one attached hydrogen (secondary N) is 1. The molecule has 6 heteroatoms. The Morgan fingerprint density at radius 3 is 2.29 bits per heavy atom. The van der Waals surface area contributed by atoms with Gasteiger partial charge in [0, 0.05) is 18.7 Å². The minimum absolute atomic E-state index is 0.160. The minimum atomic E-state index is -0.885. The van der Waals surface area contributed by atoms with Gasteiger partial charge >= 0.3 is 0 Å². The molecule has 1 saturated heterocycles. The fourth-order valence-corrected chi connectivity index (χ4v) is 3.76. The van der Waals surface area contributed by atoms with E-state index in [4.69, 9.17) is 4.74 Å². The van der Waals surface area contributed by atoms with Crippen LogP contribution in [0.15, 0.2) is 54.6 Å². The molecule has 28 heavy (non-hydrogen) atoms. The Kier molecular flexibility index (Phi) is 5.13. The van der Waals surface area contributed by atoms with Gasteiger partial charge in [-0.05, 0) is 24.5 Å². The average molecular weight is 382 g/mol. The Bertz CT molecular complexity index is 861. The van der Waals surface area contributed by atoms with Crippen LogP contribution >= 0.6 is 0 Å². The van der Waals surface area contributed by atoms with E-state index in [1.807, 2.05) is 30.3 Å². The molecule has 2 fully saturated rings. The van der Waals surface area contributed by atoms with Gasteiger partial charge in [-0.2, -0.15) is 0 Å². The number of ether oxygens (including phenoxy) is 1. The summed E-state index contributed by atoms with van der Waals surface area (Å²) in [5.74, 6) is -0.842. The standard InChI is InChI=1S/C22H23FN2O3/c23-18-9-5-4-8-17(18)22(10-11-22)21(27)24-19(16-6-2-1-3-7-16)20(26)25-12-14-28-15-13-25/h1-9,19H,10-15H2,(H,24,27). The highest BCUT2D eigenvalue weighted by Gasteiger charge is 2.53. The van der Waals surface area contributed by atoms with Gasteiger partial charge in [0.05, 0.1) is 18.6 Å². The second kappa shape index (κ2) is 7.72. The molecular weight excluding hydrogens is 359 g/mol. The topological polar surface area (TPSA) is 58.6 Å². The molecule has 1 atom stereocenters. The summed E-state index contributed by atoms with van der Waals surface area (Å²) in [5, 5.41) is 2.92. The van der Waals surface area contributed by atoms with Crippen molar-refractivity contribution in [2.24, 2.45) is 0 Å². The van der Waals surface area contributed by atoms with Crippen LogP contribution in [0.4, 0.5) is 4.39 Å². The number of rotatable bonds is 5. The molecule has 1 aliphatic carbocycles. The molecule has 2 aromatic rings. The van der Waals surface area contributed by atoms with Crippen molar-refractivity contribution in [1.29, 1.82) is 0 Å². The van der Waals surface area contributed by atoms with E-state index >= 15 is 0 Å². The fourth-order valence-electron chi connectivity index (χ4n) is 3.76. The molecule has 1 N–H and O–H groups in total. The Morgan fingerprint density at radius 2 is 1.64 bits per heavy atom. The lowest BCUT2D eigenvalue weighted by molar-refractivity contribution is -0.140. The number of amides is 2. The molecule has 0 radical (unpaired) electrons. The zero-order valence-electron chi connectivity index (χ0n) is 15.6. The number of carbonyl (C=O) groups is 2. The van der Waals surface area contributed by atoms with Gasteiger partial charge in [-0.3, -0.25) is 9.59 Å². The highest BCUT2D eigenvalue weighted by atomic mass is 19.1. The summed E-state index contributed by atoms with van der Waals surface area (Å²) >= 11 is 0. The van der Waals surface area contributed by atoms with Crippen LogP contribution in [0.2, 0.25) is 0 Å². The monoisotopic (exact) mass is 382 g/mol. The Morgan fingerprint density at radius 1 is 1.00 bits per heavy atom. The first-order valence-electron chi connectivity index (χ1n) is 9.59. The van der Waals surface area contributed by atoms with E-state index in [9.17, 15) is 14.0 Å². The number of carbonyl (C=O) groups excluding carboxylic acids is 2. The maximum absolute atomic E-state index is 14.3. The van der Waals surface area contributed by atoms with Crippen LogP contribution < -0.4 is 5.32 Å². The SMILES string of the molecule is O=C(C(NC(=O)C1(c2ccccc2F)CC1)c1ccccc1)N1CCOCC1. The molecule has 1 heterocycles. The Hall–Kier alpha value is -2.73. The van der Waals surface area contributed by atoms with Gasteiger partial charge in [-0.1, -0.05) is 48.5 Å². The van der Waals surface area contributed by atoms with Gasteiger partial charge in [0.25, 0.3) is 0 Å². The summed E-state index contributed by atoms with van der Waals surface area (Å²) in [6, 6.07) is 14.8. The molecule has 5 nitrogen and oxygen atoms in total. The largest absolute Gasteiger partial charge is 0.378 e. The van der Waals surface area contributed by atoms with Crippen LogP contribution in [0.5, 0.6) is 0 Å². The molecule has 2 aliphatic rings. The summed E-state index contributed by atoms with van der Waals surface area (Å²) in [4.78, 5) is 28.1. The predicted molar refractivity (Wildman–Crippen MR) is 102 cm³/mol. The average Bonchev–Trinajstić information content (AvgIpc) is 3.55. The van der Waals surface area contributed by atoms with Gasteiger partial charge in [0.2, 0.25) is 11.8 Å². The van der Waals surface area contributed by atoms with E-state index in [0.717, 1.165) is 5.56 Å². The van der Waals surface area contributed by atoms with Gasteiger partial charge in [0.1, 0.15) is 11.9 Å². The van der Waals surface area contributed by atoms with Crippen molar-refractivity contribution in [1.82, 2.24) is 10.2 Å². The minimum Gasteiger partial charge on any atom is -0.378 e. The summed E-state index contributed by atoms with van der Waals surface area (Å²) in [5.41, 5.74) is 0.235. The molecule has 0 aromatic heterocycles. The molecule has 1 unspecified atom stereocenters. The smallest absolute Gasteiger partial charge is 0.249 e. The number of hydrogen-bond acceptors (Lipinski definition) is 3. The van der Waals surface area contributed by atoms with E-state index in [1.165, 1.54) is 6.07 Å². The molecule has 2 aromatic carbocycles. The third-order valence-electron chi connectivity index (χ3n) is 5.55. The lowest BCUT2D eigenvalue weighted by Gasteiger charge is -2.31. The van der Waals surface area contributed by atoms with Crippen LogP contribution in [0.25, 0.3) is 0 Å². The van der Waals surface area contributed by atoms with Gasteiger partial charge in [-0.15, -0.1) is 0 Å². The van der Waals surface area contributed by atoms with Gasteiger partial charge in [0.15, 0.2) is 0 Å². The predicted octanol–water partition coefficient (Wildman–Crippen LogP) is 2.57. The van der Waals surface area contributed by atoms with Crippen LogP contribution in [0.1, 0.15) is 30.0 Å². The summed E-state index contributed by atoms with van der Waals surface area (Å²) in [6.07, 6.45) is 1.15. The number of nitrogens with zero attached hydrogens (tertiary/aromatic N) is 1. The van der Waals surface area contributed by atoms with Crippen molar-refractivity contribution < 1.29 is 18.7 Å². The van der Waals surface area contributed by atoms with Crippen molar-refractivity contribution in [3.8, 4) is 0 Å². The fraction of sp³-hybridized carbons (Fsp3) is 0.364. The molecule has 4 rings (SSSR count). The Balaban J connectivity index is 1.60. The Labute approximate surface area is 163 Å². The number of halogens is 1. The van der Waals surface area contributed by atoms with E-state index < -0.39 is 11.5 Å². The van der Waals surface area contributed by atoms with Crippen LogP contribution in [0, 0.1) is 5.82 Å². The first-order valence-corrected chi connectivity index (χ1v) is 9.59. The zero-order valence-corrected chi connectivity index (χ0v) is 15.6. The summed E-state index contributed by atoms with van der Waals surface area (Å²) < 4.78 is 19.7. The zero-order chi connectivity index (χ0) is 19.6. The van der Waals surface area contributed by atoms with E-state index in [0.29, 0.717) is 44.7 Å². The molecular formula is C22H23FN2O3. The molecule has 2 amide bonds.